The predicted molar refractivity (Wildman–Crippen MR) is 84.3 cm³/mol. The number of benzene rings is 1. The number of anilines is 1. The highest BCUT2D eigenvalue weighted by Gasteiger charge is 2.13. The molecule has 0 spiro atoms. The van der Waals surface area contributed by atoms with Crippen LogP contribution in [0.3, 0.4) is 0 Å². The van der Waals surface area contributed by atoms with E-state index < -0.39 is 0 Å². The number of nitrogens with zero attached hydrogens (tertiary/aromatic N) is 1. The molecule has 0 saturated heterocycles. The summed E-state index contributed by atoms with van der Waals surface area (Å²) in [6, 6.07) is 5.74. The lowest BCUT2D eigenvalue weighted by molar-refractivity contribution is -0.115. The number of carbonyl (C=O) groups excluding carboxylic acids is 1. The number of hydrogen-bond acceptors (Lipinski definition) is 3. The van der Waals surface area contributed by atoms with Gasteiger partial charge in [-0.05, 0) is 40.9 Å². The van der Waals surface area contributed by atoms with Crippen molar-refractivity contribution < 1.29 is 9.21 Å². The van der Waals surface area contributed by atoms with Gasteiger partial charge >= 0.3 is 0 Å². The second-order valence-corrected chi connectivity index (χ2v) is 5.83. The van der Waals surface area contributed by atoms with E-state index >= 15 is 0 Å². The fraction of sp³-hybridized carbons (Fsp3) is 0.200. The molecule has 2 N–H and O–H groups in total. The molecule has 0 fully saturated rings. The van der Waals surface area contributed by atoms with Crippen molar-refractivity contribution in [1.82, 2.24) is 10.2 Å². The van der Waals surface area contributed by atoms with Crippen LogP contribution < -0.4 is 5.32 Å². The van der Waals surface area contributed by atoms with E-state index in [9.17, 15) is 4.79 Å². The molecule has 0 saturated carbocycles. The average Bonchev–Trinajstić information content (AvgIpc) is 3.01. The molecule has 1 aromatic carbocycles. The Hall–Kier alpha value is -2.08. The Morgan fingerprint density at radius 3 is 2.95 bits per heavy atom. The molecule has 0 aliphatic heterocycles. The molecule has 21 heavy (non-hydrogen) atoms. The van der Waals surface area contributed by atoms with Gasteiger partial charge in [-0.2, -0.15) is 5.10 Å². The van der Waals surface area contributed by atoms with E-state index in [4.69, 9.17) is 4.42 Å². The topological polar surface area (TPSA) is 70.9 Å². The molecule has 3 rings (SSSR count). The largest absolute Gasteiger partial charge is 0.464 e. The quantitative estimate of drug-likeness (QED) is 0.758. The average molecular weight is 348 g/mol. The van der Waals surface area contributed by atoms with Crippen LogP contribution in [0, 0.1) is 13.8 Å². The Morgan fingerprint density at radius 1 is 1.43 bits per heavy atom. The molecule has 6 heteroatoms. The van der Waals surface area contributed by atoms with Crippen molar-refractivity contribution in [3.8, 4) is 0 Å². The summed E-state index contributed by atoms with van der Waals surface area (Å²) in [5.41, 5.74) is 4.00. The van der Waals surface area contributed by atoms with E-state index in [1.54, 1.807) is 12.3 Å². The van der Waals surface area contributed by atoms with Gasteiger partial charge < -0.3 is 9.73 Å². The number of nitrogens with one attached hydrogen (secondary N) is 2. The Balaban J connectivity index is 1.82. The summed E-state index contributed by atoms with van der Waals surface area (Å²) >= 11 is 3.25. The molecule has 2 heterocycles. The fourth-order valence-electron chi connectivity index (χ4n) is 2.25. The van der Waals surface area contributed by atoms with Crippen LogP contribution in [-0.4, -0.2) is 16.1 Å². The Kier molecular flexibility index (Phi) is 3.55. The zero-order valence-corrected chi connectivity index (χ0v) is 13.2. The van der Waals surface area contributed by atoms with Crippen LogP contribution in [0.4, 0.5) is 5.82 Å². The van der Waals surface area contributed by atoms with Gasteiger partial charge in [0.25, 0.3) is 0 Å². The number of rotatable bonds is 3. The van der Waals surface area contributed by atoms with Crippen molar-refractivity contribution >= 4 is 38.6 Å². The van der Waals surface area contributed by atoms with Crippen molar-refractivity contribution in [2.75, 3.05) is 5.32 Å². The van der Waals surface area contributed by atoms with E-state index in [1.807, 2.05) is 26.0 Å². The van der Waals surface area contributed by atoms with Crippen molar-refractivity contribution in [3.05, 3.63) is 45.8 Å². The maximum Gasteiger partial charge on any atom is 0.230 e. The molecule has 0 radical (unpaired) electrons. The van der Waals surface area contributed by atoms with Gasteiger partial charge in [0.1, 0.15) is 10.2 Å². The Bertz CT molecular complexity index is 820. The summed E-state index contributed by atoms with van der Waals surface area (Å²) < 4.78 is 6.33. The van der Waals surface area contributed by atoms with E-state index in [2.05, 4.69) is 31.4 Å². The summed E-state index contributed by atoms with van der Waals surface area (Å²) in [5.74, 6) is 0.363. The number of fused-ring (bicyclic) bond motifs is 1. The predicted octanol–water partition coefficient (Wildman–Crippen LogP) is 3.72. The molecule has 1 amide bonds. The highest BCUT2D eigenvalue weighted by Crippen LogP contribution is 2.27. The molecule has 5 nitrogen and oxygen atoms in total. The molecule has 2 aromatic heterocycles. The Labute approximate surface area is 129 Å². The smallest absolute Gasteiger partial charge is 0.230 e. The minimum Gasteiger partial charge on any atom is -0.464 e. The molecule has 108 valence electrons. The van der Waals surface area contributed by atoms with Gasteiger partial charge in [-0.1, -0.05) is 12.1 Å². The van der Waals surface area contributed by atoms with Gasteiger partial charge in [0.05, 0.1) is 12.7 Å². The number of halogens is 1. The molecule has 3 aromatic rings. The van der Waals surface area contributed by atoms with Crippen LogP contribution in [-0.2, 0) is 11.2 Å². The summed E-state index contributed by atoms with van der Waals surface area (Å²) in [7, 11) is 0. The van der Waals surface area contributed by atoms with Gasteiger partial charge in [-0.25, -0.2) is 0 Å². The first-order valence-electron chi connectivity index (χ1n) is 6.51. The number of H-pyrrole nitrogens is 1. The monoisotopic (exact) mass is 347 g/mol. The summed E-state index contributed by atoms with van der Waals surface area (Å²) in [5, 5.41) is 10.4. The first-order chi connectivity index (χ1) is 10.0. The molecule has 0 bridgehead atoms. The first-order valence-corrected chi connectivity index (χ1v) is 7.31. The van der Waals surface area contributed by atoms with Crippen LogP contribution in [0.5, 0.6) is 0 Å². The lowest BCUT2D eigenvalue weighted by Crippen LogP contribution is -2.14. The minimum atomic E-state index is -0.130. The zero-order chi connectivity index (χ0) is 15.0. The zero-order valence-electron chi connectivity index (χ0n) is 11.7. The molecular weight excluding hydrogens is 334 g/mol. The number of aryl methyl sites for hydroxylation is 2. The maximum atomic E-state index is 12.1. The van der Waals surface area contributed by atoms with Crippen molar-refractivity contribution in [2.24, 2.45) is 0 Å². The molecule has 0 aliphatic carbocycles. The number of furan rings is 1. The third-order valence-corrected chi connectivity index (χ3v) is 3.91. The van der Waals surface area contributed by atoms with Crippen LogP contribution in [0.2, 0.25) is 0 Å². The number of carbonyl (C=O) groups is 1. The van der Waals surface area contributed by atoms with Gasteiger partial charge in [-0.15, -0.1) is 0 Å². The minimum absolute atomic E-state index is 0.130. The SMILES string of the molecule is Cc1ccc2c(CC(=O)Nc3cc(Br)[nH]n3)coc2c1C. The highest BCUT2D eigenvalue weighted by atomic mass is 79.9. The second-order valence-electron chi connectivity index (χ2n) is 4.97. The van der Waals surface area contributed by atoms with Gasteiger partial charge in [0.15, 0.2) is 5.82 Å². The van der Waals surface area contributed by atoms with Gasteiger partial charge in [-0.3, -0.25) is 9.89 Å². The molecule has 0 atom stereocenters. The number of hydrogen-bond donors (Lipinski definition) is 2. The summed E-state index contributed by atoms with van der Waals surface area (Å²) in [6.45, 7) is 4.06. The van der Waals surface area contributed by atoms with Crippen molar-refractivity contribution in [1.29, 1.82) is 0 Å². The van der Waals surface area contributed by atoms with Crippen LogP contribution in [0.25, 0.3) is 11.0 Å². The summed E-state index contributed by atoms with van der Waals surface area (Å²) in [4.78, 5) is 12.1. The van der Waals surface area contributed by atoms with E-state index in [0.717, 1.165) is 26.7 Å². The Morgan fingerprint density at radius 2 is 2.24 bits per heavy atom. The van der Waals surface area contributed by atoms with Gasteiger partial charge in [0, 0.05) is 17.0 Å². The van der Waals surface area contributed by atoms with E-state index in [0.29, 0.717) is 5.82 Å². The highest BCUT2D eigenvalue weighted by molar-refractivity contribution is 9.10. The van der Waals surface area contributed by atoms with E-state index in [-0.39, 0.29) is 12.3 Å². The molecular formula is C15H14BrN3O2. The second kappa shape index (κ2) is 5.37. The van der Waals surface area contributed by atoms with Crippen LogP contribution in [0.1, 0.15) is 16.7 Å². The molecule has 0 unspecified atom stereocenters. The molecule has 0 aliphatic rings. The maximum absolute atomic E-state index is 12.1. The third-order valence-electron chi connectivity index (χ3n) is 3.51. The first kappa shape index (κ1) is 13.9. The lowest BCUT2D eigenvalue weighted by atomic mass is 10.0. The standard InChI is InChI=1S/C15H14BrN3O2/c1-8-3-4-11-10(7-21-15(11)9(8)2)5-14(20)17-13-6-12(16)18-19-13/h3-4,6-7H,5H2,1-2H3,(H2,17,18,19,20). The summed E-state index contributed by atoms with van der Waals surface area (Å²) in [6.07, 6.45) is 1.90. The van der Waals surface area contributed by atoms with Crippen LogP contribution >= 0.6 is 15.9 Å². The van der Waals surface area contributed by atoms with Crippen molar-refractivity contribution in [3.63, 3.8) is 0 Å². The lowest BCUT2D eigenvalue weighted by Gasteiger charge is -2.02. The van der Waals surface area contributed by atoms with E-state index in [1.165, 1.54) is 5.56 Å². The van der Waals surface area contributed by atoms with Crippen LogP contribution in [0.15, 0.2) is 33.5 Å². The third kappa shape index (κ3) is 2.71. The normalized spacial score (nSPS) is 11.0. The number of aromatic amines is 1. The fourth-order valence-corrected chi connectivity index (χ4v) is 2.55. The van der Waals surface area contributed by atoms with Gasteiger partial charge in [0.2, 0.25) is 5.91 Å². The number of amides is 1. The number of aromatic nitrogens is 2. The van der Waals surface area contributed by atoms with Crippen molar-refractivity contribution in [2.45, 2.75) is 20.3 Å².